The maximum absolute atomic E-state index is 12.9. The van der Waals surface area contributed by atoms with E-state index in [9.17, 15) is 18.3 Å². The molecule has 0 saturated carbocycles. The fourth-order valence-electron chi connectivity index (χ4n) is 3.80. The van der Waals surface area contributed by atoms with E-state index < -0.39 is 17.5 Å². The Balaban J connectivity index is 1.74. The van der Waals surface area contributed by atoms with Crippen molar-refractivity contribution in [3.63, 3.8) is 0 Å². The molecule has 0 unspecified atom stereocenters. The Hall–Kier alpha value is -2.87. The van der Waals surface area contributed by atoms with Crippen LogP contribution in [0.4, 0.5) is 19.0 Å². The highest BCUT2D eigenvalue weighted by atomic mass is 19.4. The molecule has 3 aromatic rings. The third-order valence-corrected chi connectivity index (χ3v) is 5.23. The van der Waals surface area contributed by atoms with E-state index in [1.54, 1.807) is 0 Å². The summed E-state index contributed by atoms with van der Waals surface area (Å²) >= 11 is 0. The van der Waals surface area contributed by atoms with Gasteiger partial charge >= 0.3 is 6.18 Å². The van der Waals surface area contributed by atoms with Gasteiger partial charge < -0.3 is 15.3 Å². The first kappa shape index (κ1) is 19.4. The Morgan fingerprint density at radius 1 is 1.10 bits per heavy atom. The van der Waals surface area contributed by atoms with Crippen LogP contribution in [0.5, 0.6) is 5.75 Å². The zero-order valence-corrected chi connectivity index (χ0v) is 15.9. The zero-order chi connectivity index (χ0) is 20.6. The molecular weight excluding hydrogens is 381 g/mol. The molecule has 0 bridgehead atoms. The number of phenolic OH excluding ortho intramolecular Hbond substituents is 1. The van der Waals surface area contributed by atoms with Crippen LogP contribution in [0.15, 0.2) is 42.5 Å². The number of phenols is 1. The highest BCUT2D eigenvalue weighted by Crippen LogP contribution is 2.38. The molecule has 0 radical (unpaired) electrons. The number of hydrogen-bond acceptors (Lipinski definition) is 5. The summed E-state index contributed by atoms with van der Waals surface area (Å²) in [4.78, 5) is 2.26. The molecule has 2 N–H and O–H groups in total. The molecule has 1 fully saturated rings. The molecule has 4 rings (SSSR count). The van der Waals surface area contributed by atoms with Gasteiger partial charge in [0.25, 0.3) is 0 Å². The maximum atomic E-state index is 12.9. The number of nitrogens with one attached hydrogen (secondary N) is 1. The highest BCUT2D eigenvalue weighted by Gasteiger charge is 2.31. The topological polar surface area (TPSA) is 61.3 Å². The second kappa shape index (κ2) is 7.51. The van der Waals surface area contributed by atoms with Crippen LogP contribution >= 0.6 is 0 Å². The van der Waals surface area contributed by atoms with Crippen LogP contribution in [-0.4, -0.2) is 46.4 Å². The molecule has 8 heteroatoms. The van der Waals surface area contributed by atoms with Crippen molar-refractivity contribution < 1.29 is 18.3 Å². The molecule has 152 valence electrons. The van der Waals surface area contributed by atoms with Crippen molar-refractivity contribution >= 4 is 16.6 Å². The Labute approximate surface area is 166 Å². The second-order valence-corrected chi connectivity index (χ2v) is 7.42. The first-order valence-corrected chi connectivity index (χ1v) is 9.44. The molecule has 1 saturated heterocycles. The molecule has 1 aliphatic rings. The summed E-state index contributed by atoms with van der Waals surface area (Å²) in [6, 6.07) is 10.6. The van der Waals surface area contributed by atoms with Crippen molar-refractivity contribution in [2.75, 3.05) is 25.5 Å². The molecular formula is C21H21F3N4O. The van der Waals surface area contributed by atoms with E-state index in [0.29, 0.717) is 16.9 Å². The number of hydrogen-bond donors (Lipinski definition) is 2. The molecule has 0 spiro atoms. The van der Waals surface area contributed by atoms with Crippen molar-refractivity contribution in [3.8, 4) is 17.0 Å². The molecule has 1 aliphatic heterocycles. The number of rotatable bonds is 3. The van der Waals surface area contributed by atoms with Gasteiger partial charge in [0.2, 0.25) is 0 Å². The minimum absolute atomic E-state index is 0.214. The smallest absolute Gasteiger partial charge is 0.416 e. The number of anilines is 1. The van der Waals surface area contributed by atoms with Crippen molar-refractivity contribution in [3.05, 3.63) is 48.0 Å². The summed E-state index contributed by atoms with van der Waals surface area (Å²) in [6.45, 7) is 1.97. The number of aromatic nitrogens is 2. The quantitative estimate of drug-likeness (QED) is 0.674. The predicted octanol–water partition coefficient (Wildman–Crippen LogP) is 4.53. The van der Waals surface area contributed by atoms with Crippen molar-refractivity contribution in [2.45, 2.75) is 25.1 Å². The van der Waals surface area contributed by atoms with Crippen LogP contribution in [0.2, 0.25) is 0 Å². The van der Waals surface area contributed by atoms with Gasteiger partial charge in [0.05, 0.1) is 5.56 Å². The van der Waals surface area contributed by atoms with Crippen LogP contribution < -0.4 is 5.32 Å². The first-order valence-electron chi connectivity index (χ1n) is 9.44. The molecule has 2 heterocycles. The summed E-state index contributed by atoms with van der Waals surface area (Å²) in [5.41, 5.74) is -0.348. The lowest BCUT2D eigenvalue weighted by molar-refractivity contribution is -0.137. The normalized spacial score (nSPS) is 18.1. The lowest BCUT2D eigenvalue weighted by Gasteiger charge is -2.30. The lowest BCUT2D eigenvalue weighted by atomic mass is 10.0. The number of nitrogens with zero attached hydrogens (tertiary/aromatic N) is 3. The van der Waals surface area contributed by atoms with E-state index in [1.165, 1.54) is 6.07 Å². The van der Waals surface area contributed by atoms with Crippen LogP contribution in [0.25, 0.3) is 22.0 Å². The molecule has 1 atom stereocenters. The number of piperidine rings is 1. The van der Waals surface area contributed by atoms with E-state index in [0.717, 1.165) is 43.5 Å². The summed E-state index contributed by atoms with van der Waals surface area (Å²) in [5, 5.41) is 23.8. The van der Waals surface area contributed by atoms with Gasteiger partial charge in [0.1, 0.15) is 11.4 Å². The fraction of sp³-hybridized carbons (Fsp3) is 0.333. The number of likely N-dealkylation sites (tertiary alicyclic amines) is 1. The average molecular weight is 402 g/mol. The van der Waals surface area contributed by atoms with E-state index in [2.05, 4.69) is 27.5 Å². The van der Waals surface area contributed by atoms with Gasteiger partial charge in [-0.05, 0) is 44.6 Å². The minimum Gasteiger partial charge on any atom is -0.507 e. The summed E-state index contributed by atoms with van der Waals surface area (Å²) in [6.07, 6.45) is -2.40. The van der Waals surface area contributed by atoms with Gasteiger partial charge in [-0.2, -0.15) is 13.2 Å². The van der Waals surface area contributed by atoms with Gasteiger partial charge in [-0.15, -0.1) is 10.2 Å². The highest BCUT2D eigenvalue weighted by molar-refractivity contribution is 6.00. The van der Waals surface area contributed by atoms with E-state index in [1.807, 2.05) is 24.3 Å². The number of halogens is 3. The fourth-order valence-corrected chi connectivity index (χ4v) is 3.80. The van der Waals surface area contributed by atoms with Gasteiger partial charge in [0, 0.05) is 28.9 Å². The van der Waals surface area contributed by atoms with Gasteiger partial charge in [0.15, 0.2) is 5.82 Å². The number of benzene rings is 2. The number of likely N-dealkylation sites (N-methyl/N-ethyl adjacent to an activating group) is 1. The Kier molecular flexibility index (Phi) is 5.04. The molecule has 0 amide bonds. The second-order valence-electron chi connectivity index (χ2n) is 7.42. The predicted molar refractivity (Wildman–Crippen MR) is 106 cm³/mol. The Bertz CT molecular complexity index is 1040. The zero-order valence-electron chi connectivity index (χ0n) is 15.9. The lowest BCUT2D eigenvalue weighted by Crippen LogP contribution is -2.40. The molecule has 5 nitrogen and oxygen atoms in total. The van der Waals surface area contributed by atoms with Gasteiger partial charge in [-0.3, -0.25) is 0 Å². The van der Waals surface area contributed by atoms with Gasteiger partial charge in [-0.1, -0.05) is 24.3 Å². The maximum Gasteiger partial charge on any atom is 0.416 e. The molecule has 1 aromatic heterocycles. The first-order chi connectivity index (χ1) is 13.8. The Morgan fingerprint density at radius 2 is 1.86 bits per heavy atom. The Morgan fingerprint density at radius 3 is 2.55 bits per heavy atom. The van der Waals surface area contributed by atoms with E-state index in [-0.39, 0.29) is 11.6 Å². The number of fused-ring (bicyclic) bond motifs is 1. The molecule has 0 aliphatic carbocycles. The summed E-state index contributed by atoms with van der Waals surface area (Å²) in [7, 11) is 2.08. The number of alkyl halides is 3. The average Bonchev–Trinajstić information content (AvgIpc) is 2.68. The minimum atomic E-state index is -4.52. The van der Waals surface area contributed by atoms with E-state index >= 15 is 0 Å². The summed E-state index contributed by atoms with van der Waals surface area (Å²) in [5.74, 6) is 0.157. The SMILES string of the molecule is CN1CCC[C@H](Nc2nnc(-c3ccc(C(F)(F)F)cc3O)c3ccccc23)C1. The molecule has 2 aromatic carbocycles. The standard InChI is InChI=1S/C21H21F3N4O/c1-28-10-4-5-14(12-28)25-20-16-7-3-2-6-15(16)19(26-27-20)17-9-8-13(11-18(17)29)21(22,23)24/h2-3,6-9,11,14,29H,4-5,10,12H2,1H3,(H,25,27)/t14-/m0/s1. The van der Waals surface area contributed by atoms with Crippen molar-refractivity contribution in [1.82, 2.24) is 15.1 Å². The molecule has 29 heavy (non-hydrogen) atoms. The third kappa shape index (κ3) is 3.98. The van der Waals surface area contributed by atoms with Crippen LogP contribution in [0.1, 0.15) is 18.4 Å². The van der Waals surface area contributed by atoms with Crippen LogP contribution in [0.3, 0.4) is 0 Å². The summed E-state index contributed by atoms with van der Waals surface area (Å²) < 4.78 is 38.7. The van der Waals surface area contributed by atoms with Crippen molar-refractivity contribution in [2.24, 2.45) is 0 Å². The monoisotopic (exact) mass is 402 g/mol. The van der Waals surface area contributed by atoms with E-state index in [4.69, 9.17) is 0 Å². The van der Waals surface area contributed by atoms with Crippen LogP contribution in [-0.2, 0) is 6.18 Å². The van der Waals surface area contributed by atoms with Crippen molar-refractivity contribution in [1.29, 1.82) is 0 Å². The van der Waals surface area contributed by atoms with Gasteiger partial charge in [-0.25, -0.2) is 0 Å². The van der Waals surface area contributed by atoms with Crippen LogP contribution in [0, 0.1) is 0 Å². The third-order valence-electron chi connectivity index (χ3n) is 5.23. The number of aromatic hydroxyl groups is 1. The largest absolute Gasteiger partial charge is 0.507 e.